The first-order chi connectivity index (χ1) is 5.78. The van der Waals surface area contributed by atoms with E-state index < -0.39 is 36.4 Å². The zero-order valence-electron chi connectivity index (χ0n) is 7.01. The highest BCUT2D eigenvalue weighted by molar-refractivity contribution is 5.88. The molecule has 0 aromatic carbocycles. The summed E-state index contributed by atoms with van der Waals surface area (Å²) in [4.78, 5) is 30.5. The normalized spacial score (nSPS) is 10.1. The number of hydrogen-bond donors (Lipinski definition) is 4. The number of aliphatic carboxylic acids is 3. The lowest BCUT2D eigenvalue weighted by molar-refractivity contribution is -0.170. The minimum Gasteiger partial charge on any atom is -0.481 e. The summed E-state index contributed by atoms with van der Waals surface area (Å²) in [5, 5.41) is 33.8. The summed E-state index contributed by atoms with van der Waals surface area (Å²) < 4.78 is 0. The monoisotopic (exact) mass is 219 g/mol. The lowest BCUT2D eigenvalue weighted by Crippen LogP contribution is -2.42. The molecule has 14 heavy (non-hydrogen) atoms. The molecule has 0 rings (SSSR count). The minimum atomic E-state index is -2.74. The zero-order valence-corrected chi connectivity index (χ0v) is 8.16. The Balaban J connectivity index is 0. The van der Waals surface area contributed by atoms with Gasteiger partial charge in [-0.3, -0.25) is 9.59 Å². The third-order valence-electron chi connectivity index (χ3n) is 1.29. The van der Waals surface area contributed by atoms with Gasteiger partial charge in [0.2, 0.25) is 0 Å². The second kappa shape index (κ2) is 5.59. The maximum atomic E-state index is 10.3. The Kier molecular flexibility index (Phi) is 6.15. The molecule has 0 saturated carbocycles. The molecule has 0 unspecified atom stereocenters. The molecule has 8 heteroatoms. The molecule has 3 radical (unpaired) electrons. The van der Waals surface area contributed by atoms with Crippen molar-refractivity contribution in [3.05, 3.63) is 0 Å². The third-order valence-corrected chi connectivity index (χ3v) is 1.29. The molecular weight excluding hydrogens is 211 g/mol. The number of carbonyl (C=O) groups is 3. The van der Waals surface area contributed by atoms with Gasteiger partial charge >= 0.3 is 17.9 Å². The largest absolute Gasteiger partial charge is 0.481 e. The van der Waals surface area contributed by atoms with Gasteiger partial charge in [0.1, 0.15) is 0 Å². The van der Waals surface area contributed by atoms with Gasteiger partial charge in [-0.05, 0) is 0 Å². The summed E-state index contributed by atoms with van der Waals surface area (Å²) in [6.45, 7) is 0. The molecule has 0 atom stereocenters. The van der Waals surface area contributed by atoms with Crippen LogP contribution < -0.4 is 0 Å². The molecule has 4 N–H and O–H groups in total. The highest BCUT2D eigenvalue weighted by Crippen LogP contribution is 2.15. The van der Waals surface area contributed by atoms with Crippen LogP contribution in [0.5, 0.6) is 0 Å². The van der Waals surface area contributed by atoms with Crippen molar-refractivity contribution in [3.8, 4) is 0 Å². The summed E-state index contributed by atoms with van der Waals surface area (Å²) in [7, 11) is 0. The van der Waals surface area contributed by atoms with Gasteiger partial charge in [-0.2, -0.15) is 0 Å². The fourth-order valence-electron chi connectivity index (χ4n) is 0.714. The lowest BCUT2D eigenvalue weighted by Gasteiger charge is -2.18. The average Bonchev–Trinajstić information content (AvgIpc) is 1.82. The minimum absolute atomic E-state index is 0. The van der Waals surface area contributed by atoms with Crippen LogP contribution in [-0.2, 0) is 14.4 Å². The Morgan fingerprint density at radius 3 is 1.36 bits per heavy atom. The molecule has 0 aromatic rings. The SMILES string of the molecule is O=C(O)CC(O)(CC(=O)O)C(=O)O.[Al]. The van der Waals surface area contributed by atoms with Gasteiger partial charge in [0, 0.05) is 17.4 Å². The molecule has 7 nitrogen and oxygen atoms in total. The molecule has 77 valence electrons. The Morgan fingerprint density at radius 2 is 1.21 bits per heavy atom. The van der Waals surface area contributed by atoms with E-state index in [0.29, 0.717) is 0 Å². The van der Waals surface area contributed by atoms with Crippen molar-refractivity contribution >= 4 is 35.3 Å². The van der Waals surface area contributed by atoms with Crippen LogP contribution in [0.4, 0.5) is 0 Å². The second-order valence-electron chi connectivity index (χ2n) is 2.48. The number of aliphatic hydroxyl groups is 1. The molecule has 0 amide bonds. The molecule has 0 aliphatic heterocycles. The maximum absolute atomic E-state index is 10.3. The summed E-state index contributed by atoms with van der Waals surface area (Å²) >= 11 is 0. The van der Waals surface area contributed by atoms with Crippen molar-refractivity contribution in [2.75, 3.05) is 0 Å². The van der Waals surface area contributed by atoms with Crippen molar-refractivity contribution in [3.63, 3.8) is 0 Å². The fourth-order valence-corrected chi connectivity index (χ4v) is 0.714. The van der Waals surface area contributed by atoms with Crippen molar-refractivity contribution < 1.29 is 34.8 Å². The molecule has 0 bridgehead atoms. The molecule has 0 aliphatic rings. The summed E-state index contributed by atoms with van der Waals surface area (Å²) in [5.74, 6) is -5.02. The topological polar surface area (TPSA) is 132 Å². The Morgan fingerprint density at radius 1 is 0.929 bits per heavy atom. The van der Waals surface area contributed by atoms with E-state index in [2.05, 4.69) is 0 Å². The maximum Gasteiger partial charge on any atom is 0.336 e. The number of rotatable bonds is 5. The quantitative estimate of drug-likeness (QED) is 0.408. The molecular formula is C6H8AlO7. The molecule has 0 heterocycles. The number of hydrogen-bond acceptors (Lipinski definition) is 4. The van der Waals surface area contributed by atoms with Crippen LogP contribution in [-0.4, -0.2) is 61.3 Å². The van der Waals surface area contributed by atoms with E-state index >= 15 is 0 Å². The van der Waals surface area contributed by atoms with E-state index in [0.717, 1.165) is 0 Å². The second-order valence-corrected chi connectivity index (χ2v) is 2.48. The molecule has 0 aromatic heterocycles. The Labute approximate surface area is 89.1 Å². The van der Waals surface area contributed by atoms with E-state index in [4.69, 9.17) is 20.4 Å². The highest BCUT2D eigenvalue weighted by Gasteiger charge is 2.40. The summed E-state index contributed by atoms with van der Waals surface area (Å²) in [6.07, 6.45) is -2.29. The van der Waals surface area contributed by atoms with Crippen LogP contribution >= 0.6 is 0 Å². The van der Waals surface area contributed by atoms with Gasteiger partial charge in [-0.15, -0.1) is 0 Å². The van der Waals surface area contributed by atoms with Crippen molar-refractivity contribution in [2.45, 2.75) is 18.4 Å². The van der Waals surface area contributed by atoms with Crippen LogP contribution in [0.2, 0.25) is 0 Å². The van der Waals surface area contributed by atoms with Crippen LogP contribution in [0, 0.1) is 0 Å². The average molecular weight is 219 g/mol. The van der Waals surface area contributed by atoms with E-state index in [1.807, 2.05) is 0 Å². The van der Waals surface area contributed by atoms with E-state index in [-0.39, 0.29) is 17.4 Å². The Hall–Kier alpha value is -1.10. The predicted molar refractivity (Wildman–Crippen MR) is 42.8 cm³/mol. The smallest absolute Gasteiger partial charge is 0.336 e. The fraction of sp³-hybridized carbons (Fsp3) is 0.500. The van der Waals surface area contributed by atoms with Gasteiger partial charge in [0.15, 0.2) is 5.60 Å². The Bertz CT molecular complexity index is 233. The van der Waals surface area contributed by atoms with E-state index in [9.17, 15) is 14.4 Å². The molecule has 0 aliphatic carbocycles. The van der Waals surface area contributed by atoms with Gasteiger partial charge in [-0.1, -0.05) is 0 Å². The van der Waals surface area contributed by atoms with Gasteiger partial charge < -0.3 is 20.4 Å². The van der Waals surface area contributed by atoms with E-state index in [1.54, 1.807) is 0 Å². The predicted octanol–water partition coefficient (Wildman–Crippen LogP) is -1.63. The van der Waals surface area contributed by atoms with Gasteiger partial charge in [-0.25, -0.2) is 4.79 Å². The van der Waals surface area contributed by atoms with Crippen LogP contribution in [0.25, 0.3) is 0 Å². The summed E-state index contributed by atoms with van der Waals surface area (Å²) in [5.41, 5.74) is -2.74. The van der Waals surface area contributed by atoms with Crippen LogP contribution in [0.3, 0.4) is 0 Å². The first kappa shape index (κ1) is 15.4. The van der Waals surface area contributed by atoms with Gasteiger partial charge in [0.25, 0.3) is 0 Å². The highest BCUT2D eigenvalue weighted by atomic mass is 27.0. The molecule has 0 saturated heterocycles. The molecule has 0 spiro atoms. The summed E-state index contributed by atoms with van der Waals surface area (Å²) in [6, 6.07) is 0. The van der Waals surface area contributed by atoms with Crippen LogP contribution in [0.15, 0.2) is 0 Å². The number of carboxylic acid groups (broad SMARTS) is 3. The van der Waals surface area contributed by atoms with Crippen molar-refractivity contribution in [2.24, 2.45) is 0 Å². The van der Waals surface area contributed by atoms with E-state index in [1.165, 1.54) is 0 Å². The zero-order chi connectivity index (χ0) is 10.6. The molecule has 0 fully saturated rings. The van der Waals surface area contributed by atoms with Crippen LogP contribution in [0.1, 0.15) is 12.8 Å². The standard InChI is InChI=1S/C6H8O7.Al/c7-3(8)1-6(13,5(11)12)2-4(9)10;/h13H,1-2H2,(H,7,8)(H,9,10)(H,11,12);. The van der Waals surface area contributed by atoms with Gasteiger partial charge in [0.05, 0.1) is 12.8 Å². The first-order valence-electron chi connectivity index (χ1n) is 3.17. The lowest BCUT2D eigenvalue weighted by atomic mass is 9.96. The number of carboxylic acids is 3. The third kappa shape index (κ3) is 4.81. The van der Waals surface area contributed by atoms with Crippen molar-refractivity contribution in [1.82, 2.24) is 0 Å². The first-order valence-corrected chi connectivity index (χ1v) is 3.17. The van der Waals surface area contributed by atoms with Crippen molar-refractivity contribution in [1.29, 1.82) is 0 Å².